The molecule has 2 aromatic carbocycles. The molecule has 0 radical (unpaired) electrons. The molecule has 4 heteroatoms. The van der Waals surface area contributed by atoms with Gasteiger partial charge in [-0.05, 0) is 42.5 Å². The molecule has 0 spiro atoms. The first-order valence-corrected chi connectivity index (χ1v) is 6.63. The van der Waals surface area contributed by atoms with Crippen LogP contribution in [0.1, 0.15) is 16.1 Å². The highest BCUT2D eigenvalue weighted by molar-refractivity contribution is 5.74. The summed E-state index contributed by atoms with van der Waals surface area (Å²) in [5.74, 6) is 0.717. The van der Waals surface area contributed by atoms with Crippen molar-refractivity contribution in [2.75, 3.05) is 0 Å². The second kappa shape index (κ2) is 6.05. The van der Waals surface area contributed by atoms with Crippen LogP contribution in [-0.4, -0.2) is 16.1 Å². The third kappa shape index (κ3) is 3.17. The van der Waals surface area contributed by atoms with Gasteiger partial charge in [0.1, 0.15) is 24.3 Å². The Morgan fingerprint density at radius 3 is 2.48 bits per heavy atom. The van der Waals surface area contributed by atoms with Crippen molar-refractivity contribution in [3.63, 3.8) is 0 Å². The molecule has 0 N–H and O–H groups in total. The van der Waals surface area contributed by atoms with Gasteiger partial charge < -0.3 is 4.74 Å². The summed E-state index contributed by atoms with van der Waals surface area (Å²) >= 11 is 0. The molecule has 3 aromatic rings. The quantitative estimate of drug-likeness (QED) is 0.673. The molecule has 104 valence electrons. The van der Waals surface area contributed by atoms with Crippen LogP contribution in [-0.2, 0) is 6.61 Å². The van der Waals surface area contributed by atoms with Crippen molar-refractivity contribution in [3.8, 4) is 11.4 Å². The van der Waals surface area contributed by atoms with Crippen molar-refractivity contribution >= 4 is 6.29 Å². The fraction of sp³-hybridized carbons (Fsp3) is 0.0588. The van der Waals surface area contributed by atoms with E-state index in [1.165, 1.54) is 0 Å². The first-order valence-electron chi connectivity index (χ1n) is 6.63. The minimum absolute atomic E-state index is 0.389. The molecule has 0 bridgehead atoms. The molecule has 4 nitrogen and oxygen atoms in total. The Kier molecular flexibility index (Phi) is 3.78. The maximum atomic E-state index is 10.6. The van der Waals surface area contributed by atoms with Gasteiger partial charge in [0.2, 0.25) is 0 Å². The van der Waals surface area contributed by atoms with Crippen LogP contribution in [0.25, 0.3) is 5.69 Å². The van der Waals surface area contributed by atoms with Gasteiger partial charge in [0.25, 0.3) is 0 Å². The maximum Gasteiger partial charge on any atom is 0.150 e. The molecule has 0 unspecified atom stereocenters. The lowest BCUT2D eigenvalue weighted by atomic mass is 10.2. The average molecular weight is 278 g/mol. The van der Waals surface area contributed by atoms with E-state index in [1.807, 2.05) is 47.3 Å². The fourth-order valence-electron chi connectivity index (χ4n) is 1.96. The topological polar surface area (TPSA) is 44.1 Å². The summed E-state index contributed by atoms with van der Waals surface area (Å²) < 4.78 is 7.46. The van der Waals surface area contributed by atoms with Crippen LogP contribution < -0.4 is 4.74 Å². The van der Waals surface area contributed by atoms with Crippen molar-refractivity contribution in [2.24, 2.45) is 0 Å². The van der Waals surface area contributed by atoms with Crippen molar-refractivity contribution in [3.05, 3.63) is 78.1 Å². The Morgan fingerprint density at radius 1 is 1.00 bits per heavy atom. The molecule has 1 heterocycles. The average Bonchev–Trinajstić information content (AvgIpc) is 3.03. The number of hydrogen-bond acceptors (Lipinski definition) is 3. The minimum Gasteiger partial charge on any atom is -0.487 e. The highest BCUT2D eigenvalue weighted by Gasteiger charge is 2.02. The maximum absolute atomic E-state index is 10.6. The number of benzene rings is 2. The predicted octanol–water partition coefficient (Wildman–Crippen LogP) is 3.26. The van der Waals surface area contributed by atoms with E-state index in [4.69, 9.17) is 4.74 Å². The molecule has 0 fully saturated rings. The molecule has 1 aromatic heterocycles. The summed E-state index contributed by atoms with van der Waals surface area (Å²) in [6.07, 6.45) is 2.72. The number of nitrogens with zero attached hydrogens (tertiary/aromatic N) is 2. The zero-order valence-electron chi connectivity index (χ0n) is 11.3. The van der Waals surface area contributed by atoms with E-state index in [1.54, 1.807) is 24.3 Å². The first-order chi connectivity index (χ1) is 10.3. The van der Waals surface area contributed by atoms with E-state index < -0.39 is 0 Å². The van der Waals surface area contributed by atoms with Crippen LogP contribution in [0.4, 0.5) is 0 Å². The Morgan fingerprint density at radius 2 is 1.76 bits per heavy atom. The van der Waals surface area contributed by atoms with E-state index in [2.05, 4.69) is 5.10 Å². The SMILES string of the molecule is O=Cc1ccc(OCc2ccn(-c3ccccc3)n2)cc1. The second-order valence-electron chi connectivity index (χ2n) is 4.56. The highest BCUT2D eigenvalue weighted by Crippen LogP contribution is 2.13. The lowest BCUT2D eigenvalue weighted by Crippen LogP contribution is -1.99. The van der Waals surface area contributed by atoms with Crippen LogP contribution in [0.5, 0.6) is 5.75 Å². The van der Waals surface area contributed by atoms with Gasteiger partial charge in [0.05, 0.1) is 5.69 Å². The number of aromatic nitrogens is 2. The summed E-state index contributed by atoms with van der Waals surface area (Å²) in [4.78, 5) is 10.6. The molecule has 0 saturated carbocycles. The number of para-hydroxylation sites is 1. The monoisotopic (exact) mass is 278 g/mol. The van der Waals surface area contributed by atoms with E-state index >= 15 is 0 Å². The van der Waals surface area contributed by atoms with Gasteiger partial charge >= 0.3 is 0 Å². The molecule has 0 aliphatic rings. The molecular formula is C17H14N2O2. The van der Waals surface area contributed by atoms with Gasteiger partial charge in [0, 0.05) is 11.8 Å². The van der Waals surface area contributed by atoms with Gasteiger partial charge in [-0.25, -0.2) is 4.68 Å². The fourth-order valence-corrected chi connectivity index (χ4v) is 1.96. The number of hydrogen-bond donors (Lipinski definition) is 0. The van der Waals surface area contributed by atoms with Crippen LogP contribution in [0.15, 0.2) is 66.9 Å². The van der Waals surface area contributed by atoms with Gasteiger partial charge in [-0.1, -0.05) is 18.2 Å². The van der Waals surface area contributed by atoms with Crippen molar-refractivity contribution in [1.29, 1.82) is 0 Å². The third-order valence-electron chi connectivity index (χ3n) is 3.07. The summed E-state index contributed by atoms with van der Waals surface area (Å²) in [7, 11) is 0. The van der Waals surface area contributed by atoms with Crippen molar-refractivity contribution in [2.45, 2.75) is 6.61 Å². The second-order valence-corrected chi connectivity index (χ2v) is 4.56. The predicted molar refractivity (Wildman–Crippen MR) is 79.7 cm³/mol. The number of ether oxygens (including phenoxy) is 1. The lowest BCUT2D eigenvalue weighted by molar-refractivity contribution is 0.112. The van der Waals surface area contributed by atoms with Crippen molar-refractivity contribution in [1.82, 2.24) is 9.78 Å². The van der Waals surface area contributed by atoms with E-state index in [0.29, 0.717) is 12.2 Å². The van der Waals surface area contributed by atoms with Gasteiger partial charge in [-0.2, -0.15) is 5.10 Å². The minimum atomic E-state index is 0.389. The number of rotatable bonds is 5. The highest BCUT2D eigenvalue weighted by atomic mass is 16.5. The largest absolute Gasteiger partial charge is 0.487 e. The van der Waals surface area contributed by atoms with E-state index in [9.17, 15) is 4.79 Å². The normalized spacial score (nSPS) is 10.3. The standard InChI is InChI=1S/C17H14N2O2/c20-12-14-6-8-17(9-7-14)21-13-15-10-11-19(18-15)16-4-2-1-3-5-16/h1-12H,13H2. The molecule has 0 aliphatic heterocycles. The summed E-state index contributed by atoms with van der Waals surface area (Å²) in [6, 6.07) is 18.8. The number of aldehydes is 1. The first kappa shape index (κ1) is 13.1. The molecule has 0 aliphatic carbocycles. The Labute approximate surface area is 122 Å². The molecular weight excluding hydrogens is 264 g/mol. The van der Waals surface area contributed by atoms with Gasteiger partial charge in [-0.15, -0.1) is 0 Å². The number of carbonyl (C=O) groups excluding carboxylic acids is 1. The van der Waals surface area contributed by atoms with Gasteiger partial charge in [0.15, 0.2) is 0 Å². The van der Waals surface area contributed by atoms with Gasteiger partial charge in [-0.3, -0.25) is 4.79 Å². The number of carbonyl (C=O) groups is 1. The molecule has 3 rings (SSSR count). The third-order valence-corrected chi connectivity index (χ3v) is 3.07. The Hall–Kier alpha value is -2.88. The van der Waals surface area contributed by atoms with Crippen LogP contribution in [0.2, 0.25) is 0 Å². The summed E-state index contributed by atoms with van der Waals surface area (Å²) in [6.45, 7) is 0.389. The summed E-state index contributed by atoms with van der Waals surface area (Å²) in [5, 5.41) is 4.46. The summed E-state index contributed by atoms with van der Waals surface area (Å²) in [5.41, 5.74) is 2.49. The van der Waals surface area contributed by atoms with Crippen LogP contribution in [0.3, 0.4) is 0 Å². The molecule has 0 atom stereocenters. The Bertz CT molecular complexity index is 718. The molecule has 0 saturated heterocycles. The molecule has 0 amide bonds. The van der Waals surface area contributed by atoms with Crippen LogP contribution >= 0.6 is 0 Å². The zero-order valence-corrected chi connectivity index (χ0v) is 11.3. The van der Waals surface area contributed by atoms with Crippen LogP contribution in [0, 0.1) is 0 Å². The molecule has 21 heavy (non-hydrogen) atoms. The van der Waals surface area contributed by atoms with E-state index in [0.717, 1.165) is 23.4 Å². The van der Waals surface area contributed by atoms with Crippen molar-refractivity contribution < 1.29 is 9.53 Å². The zero-order chi connectivity index (χ0) is 14.5. The Balaban J connectivity index is 1.66. The smallest absolute Gasteiger partial charge is 0.150 e. The van der Waals surface area contributed by atoms with E-state index in [-0.39, 0.29) is 0 Å². The lowest BCUT2D eigenvalue weighted by Gasteiger charge is -2.04.